The number of rotatable bonds is 6. The van der Waals surface area contributed by atoms with Crippen molar-refractivity contribution in [1.82, 2.24) is 5.27 Å². The minimum atomic E-state index is -0.392. The molecule has 174 valence electrons. The number of halogens is 1. The van der Waals surface area contributed by atoms with E-state index < -0.39 is 5.90 Å². The summed E-state index contributed by atoms with van der Waals surface area (Å²) in [7, 11) is 0. The predicted molar refractivity (Wildman–Crippen MR) is 135 cm³/mol. The van der Waals surface area contributed by atoms with Gasteiger partial charge in [0.2, 0.25) is 11.0 Å². The summed E-state index contributed by atoms with van der Waals surface area (Å²) in [6.07, 6.45) is 5.69. The second-order valence-corrected chi connectivity index (χ2v) is 9.01. The molecule has 0 saturated heterocycles. The van der Waals surface area contributed by atoms with Crippen LogP contribution in [0.15, 0.2) is 99.0 Å². The summed E-state index contributed by atoms with van der Waals surface area (Å²) in [6, 6.07) is 22.4. The highest BCUT2D eigenvalue weighted by Crippen LogP contribution is 2.44. The Balaban J connectivity index is 1.47. The van der Waals surface area contributed by atoms with Gasteiger partial charge in [0.15, 0.2) is 0 Å². The van der Waals surface area contributed by atoms with Crippen LogP contribution < -0.4 is 9.79 Å². The number of thioether (sulfide) groups is 1. The lowest BCUT2D eigenvalue weighted by molar-refractivity contribution is -0.670. The Bertz CT molecular complexity index is 1470. The van der Waals surface area contributed by atoms with Crippen molar-refractivity contribution in [3.05, 3.63) is 107 Å². The van der Waals surface area contributed by atoms with Gasteiger partial charge in [-0.15, -0.1) is 11.8 Å². The molecule has 0 fully saturated rings. The third-order valence-corrected chi connectivity index (χ3v) is 6.66. The summed E-state index contributed by atoms with van der Waals surface area (Å²) in [6.45, 7) is 1.96. The molecule has 7 heteroatoms. The van der Waals surface area contributed by atoms with E-state index in [0.29, 0.717) is 0 Å². The number of nitrogens with zero attached hydrogens (tertiary/aromatic N) is 3. The fourth-order valence-corrected chi connectivity index (χ4v) is 4.56. The zero-order chi connectivity index (χ0) is 24.4. The normalized spacial score (nSPS) is 14.6. The molecule has 5 nitrogen and oxygen atoms in total. The number of aromatic nitrogens is 2. The molecule has 0 amide bonds. The van der Waals surface area contributed by atoms with Crippen LogP contribution in [-0.2, 0) is 0 Å². The maximum Gasteiger partial charge on any atom is 0.321 e. The molecule has 0 radical (unpaired) electrons. The summed E-state index contributed by atoms with van der Waals surface area (Å²) in [4.78, 5) is 5.27. The van der Waals surface area contributed by atoms with Crippen molar-refractivity contribution < 1.29 is 18.7 Å². The first-order valence-corrected chi connectivity index (χ1v) is 12.3. The largest absolute Gasteiger partial charge is 0.861 e. The van der Waals surface area contributed by atoms with Crippen LogP contribution in [0.1, 0.15) is 30.0 Å². The van der Waals surface area contributed by atoms with Crippen molar-refractivity contribution in [2.45, 2.75) is 18.2 Å². The topological polar surface area (TPSA) is 65.3 Å². The van der Waals surface area contributed by atoms with E-state index >= 15 is 0 Å². The number of aliphatic imine (C=N–C) groups is 1. The fraction of sp³-hybridized carbons (Fsp3) is 0.107. The molecule has 0 aliphatic heterocycles. The molecular formula is C28H22FN3O2S. The van der Waals surface area contributed by atoms with Gasteiger partial charge in [0, 0.05) is 23.4 Å². The van der Waals surface area contributed by atoms with Crippen LogP contribution in [0.2, 0.25) is 0 Å². The molecule has 5 rings (SSSR count). The smallest absolute Gasteiger partial charge is 0.321 e. The quantitative estimate of drug-likeness (QED) is 0.155. The summed E-state index contributed by atoms with van der Waals surface area (Å²) in [5.41, 5.74) is 6.12. The molecule has 1 aliphatic carbocycles. The van der Waals surface area contributed by atoms with Crippen LogP contribution in [0.4, 0.5) is 10.3 Å². The highest BCUT2D eigenvalue weighted by molar-refractivity contribution is 7.98. The summed E-state index contributed by atoms with van der Waals surface area (Å²) < 4.78 is 20.9. The third-order valence-electron chi connectivity index (χ3n) is 5.92. The third kappa shape index (κ3) is 4.81. The van der Waals surface area contributed by atoms with Crippen molar-refractivity contribution >= 4 is 40.8 Å². The summed E-state index contributed by atoms with van der Waals surface area (Å²) >= 11 is 1.69. The van der Waals surface area contributed by atoms with Gasteiger partial charge in [-0.3, -0.25) is 4.52 Å². The first-order chi connectivity index (χ1) is 17.0. The van der Waals surface area contributed by atoms with Gasteiger partial charge < -0.3 is 5.11 Å². The molecule has 0 atom stereocenters. The Labute approximate surface area is 206 Å². The average Bonchev–Trinajstić information content (AvgIpc) is 3.43. The van der Waals surface area contributed by atoms with E-state index in [4.69, 9.17) is 4.52 Å². The number of para-hydroxylation sites is 1. The number of benzene rings is 3. The SMILES string of the molecule is CSc1ccc(/C=C2/C(C)=C(C/C([O-])=N/c3c[n+](-c4ccccc4)no3)c3cc(F)ccc32)cc1. The van der Waals surface area contributed by atoms with Gasteiger partial charge in [0.25, 0.3) is 6.20 Å². The van der Waals surface area contributed by atoms with Crippen molar-refractivity contribution in [2.75, 3.05) is 6.26 Å². The van der Waals surface area contributed by atoms with Crippen LogP contribution in [0, 0.1) is 5.82 Å². The van der Waals surface area contributed by atoms with Gasteiger partial charge >= 0.3 is 5.88 Å². The Morgan fingerprint density at radius 3 is 2.60 bits per heavy atom. The lowest BCUT2D eigenvalue weighted by atomic mass is 10.0. The Hall–Kier alpha value is -3.97. The van der Waals surface area contributed by atoms with Gasteiger partial charge in [0.05, 0.1) is 0 Å². The molecule has 0 spiro atoms. The first kappa shape index (κ1) is 22.8. The molecule has 1 aromatic heterocycles. The van der Waals surface area contributed by atoms with E-state index in [1.807, 2.05) is 43.5 Å². The number of allylic oxidation sites excluding steroid dienone is 2. The number of fused-ring (bicyclic) bond motifs is 1. The molecule has 0 saturated carbocycles. The van der Waals surface area contributed by atoms with Gasteiger partial charge in [-0.05, 0) is 87.5 Å². The van der Waals surface area contributed by atoms with Gasteiger partial charge in [-0.2, -0.15) is 0 Å². The van der Waals surface area contributed by atoms with Crippen LogP contribution in [0.25, 0.3) is 22.9 Å². The minimum Gasteiger partial charge on any atom is -0.861 e. The van der Waals surface area contributed by atoms with E-state index in [1.165, 1.54) is 21.7 Å². The highest BCUT2D eigenvalue weighted by Gasteiger charge is 2.24. The Morgan fingerprint density at radius 1 is 1.09 bits per heavy atom. The van der Waals surface area contributed by atoms with Gasteiger partial charge in [-0.25, -0.2) is 9.38 Å². The Morgan fingerprint density at radius 2 is 1.86 bits per heavy atom. The summed E-state index contributed by atoms with van der Waals surface area (Å²) in [5, 5.41) is 16.8. The van der Waals surface area contributed by atoms with E-state index in [-0.39, 0.29) is 18.1 Å². The van der Waals surface area contributed by atoms with Crippen molar-refractivity contribution in [2.24, 2.45) is 4.99 Å². The fourth-order valence-electron chi connectivity index (χ4n) is 4.15. The lowest BCUT2D eigenvalue weighted by Crippen LogP contribution is -2.30. The molecule has 0 unspecified atom stereocenters. The second kappa shape index (κ2) is 9.72. The van der Waals surface area contributed by atoms with Gasteiger partial charge in [0.1, 0.15) is 5.82 Å². The predicted octanol–water partition coefficient (Wildman–Crippen LogP) is 5.62. The van der Waals surface area contributed by atoms with Crippen molar-refractivity contribution in [3.63, 3.8) is 0 Å². The molecule has 35 heavy (non-hydrogen) atoms. The molecule has 3 aromatic carbocycles. The number of hydrogen-bond donors (Lipinski definition) is 0. The second-order valence-electron chi connectivity index (χ2n) is 8.13. The van der Waals surface area contributed by atoms with Crippen LogP contribution >= 0.6 is 11.8 Å². The molecule has 0 N–H and O–H groups in total. The van der Waals surface area contributed by atoms with E-state index in [9.17, 15) is 9.50 Å². The maximum absolute atomic E-state index is 14.2. The molecule has 1 heterocycles. The molecule has 0 bridgehead atoms. The van der Waals surface area contributed by atoms with E-state index in [1.54, 1.807) is 24.0 Å². The molecule has 4 aromatic rings. The van der Waals surface area contributed by atoms with Crippen molar-refractivity contribution in [3.8, 4) is 5.69 Å². The summed E-state index contributed by atoms with van der Waals surface area (Å²) in [5.74, 6) is -0.626. The lowest BCUT2D eigenvalue weighted by Gasteiger charge is -2.12. The zero-order valence-electron chi connectivity index (χ0n) is 19.2. The molecule has 1 aliphatic rings. The highest BCUT2D eigenvalue weighted by atomic mass is 32.2. The van der Waals surface area contributed by atoms with E-state index in [0.717, 1.165) is 39.1 Å². The Kier molecular flexibility index (Phi) is 6.33. The zero-order valence-corrected chi connectivity index (χ0v) is 20.1. The van der Waals surface area contributed by atoms with Crippen LogP contribution in [0.3, 0.4) is 0 Å². The van der Waals surface area contributed by atoms with Crippen molar-refractivity contribution in [1.29, 1.82) is 0 Å². The van der Waals surface area contributed by atoms with Crippen LogP contribution in [0.5, 0.6) is 0 Å². The maximum atomic E-state index is 14.2. The number of hydrogen-bond acceptors (Lipinski definition) is 5. The average molecular weight is 484 g/mol. The van der Waals surface area contributed by atoms with Crippen LogP contribution in [-0.4, -0.2) is 17.4 Å². The first-order valence-electron chi connectivity index (χ1n) is 11.1. The standard InChI is InChI=1S/C28H22FN3O2S/c1-18-24(14-19-8-11-22(35-2)12-9-19)23-13-10-20(29)15-26(23)25(18)16-27(33)30-28-17-32(31-34-28)21-6-4-3-5-7-21/h3-15,17H,16H2,1-2H3/b24-14-. The monoisotopic (exact) mass is 483 g/mol. The van der Waals surface area contributed by atoms with Gasteiger partial charge in [-0.1, -0.05) is 36.4 Å². The molecular weight excluding hydrogens is 461 g/mol. The van der Waals surface area contributed by atoms with E-state index in [2.05, 4.69) is 40.6 Å². The minimum absolute atomic E-state index is 0.0249.